The molecule has 1 aromatic rings. The Labute approximate surface area is 137 Å². The number of hydrogen-bond acceptors (Lipinski definition) is 2. The van der Waals surface area contributed by atoms with Crippen molar-refractivity contribution in [2.75, 3.05) is 0 Å². The van der Waals surface area contributed by atoms with Gasteiger partial charge in [-0.25, -0.2) is 0 Å². The molecule has 0 unspecified atom stereocenters. The summed E-state index contributed by atoms with van der Waals surface area (Å²) in [4.78, 5) is 11.9. The van der Waals surface area contributed by atoms with Crippen LogP contribution in [0, 0.1) is 11.3 Å². The minimum atomic E-state index is -4.38. The molecule has 0 aromatic heterocycles. The van der Waals surface area contributed by atoms with E-state index in [1.165, 1.54) is 6.07 Å². The van der Waals surface area contributed by atoms with E-state index in [1.807, 2.05) is 0 Å². The highest BCUT2D eigenvalue weighted by molar-refractivity contribution is 5.88. The first-order chi connectivity index (χ1) is 10.2. The molecule has 2 nitrogen and oxygen atoms in total. The van der Waals surface area contributed by atoms with Crippen LogP contribution in [0.15, 0.2) is 24.3 Å². The van der Waals surface area contributed by atoms with Crippen LogP contribution in [-0.4, -0.2) is 11.8 Å². The van der Waals surface area contributed by atoms with E-state index in [0.29, 0.717) is 5.56 Å². The van der Waals surface area contributed by atoms with Crippen molar-refractivity contribution in [1.29, 1.82) is 0 Å². The number of benzene rings is 1. The normalized spacial score (nSPS) is 13.3. The third kappa shape index (κ3) is 8.74. The van der Waals surface area contributed by atoms with Crippen molar-refractivity contribution in [2.45, 2.75) is 60.2 Å². The van der Waals surface area contributed by atoms with Gasteiger partial charge in [0.2, 0.25) is 0 Å². The van der Waals surface area contributed by atoms with Gasteiger partial charge in [0, 0.05) is 5.41 Å². The average Bonchev–Trinajstić information content (AvgIpc) is 2.35. The van der Waals surface area contributed by atoms with Crippen molar-refractivity contribution in [2.24, 2.45) is 17.1 Å². The third-order valence-corrected chi connectivity index (χ3v) is 2.79. The van der Waals surface area contributed by atoms with Crippen LogP contribution in [0.1, 0.15) is 52.7 Å². The summed E-state index contributed by atoms with van der Waals surface area (Å²) < 4.78 is 37.7. The molecule has 2 N–H and O–H groups in total. The Kier molecular flexibility index (Phi) is 7.98. The lowest BCUT2D eigenvalue weighted by Crippen LogP contribution is -2.40. The quantitative estimate of drug-likeness (QED) is 0.860. The molecular formula is C18H28F3NO. The second-order valence-corrected chi connectivity index (χ2v) is 7.36. The molecule has 1 rings (SSSR count). The predicted molar refractivity (Wildman–Crippen MR) is 88.1 cm³/mol. The lowest BCUT2D eigenvalue weighted by molar-refractivity contribution is -0.137. The van der Waals surface area contributed by atoms with Crippen LogP contribution in [0.5, 0.6) is 0 Å². The monoisotopic (exact) mass is 331 g/mol. The zero-order valence-corrected chi connectivity index (χ0v) is 14.8. The molecule has 0 bridgehead atoms. The van der Waals surface area contributed by atoms with E-state index in [2.05, 4.69) is 20.8 Å². The van der Waals surface area contributed by atoms with Crippen molar-refractivity contribution < 1.29 is 18.0 Å². The maximum atomic E-state index is 12.6. The van der Waals surface area contributed by atoms with Crippen molar-refractivity contribution in [3.63, 3.8) is 0 Å². The number of ketones is 1. The maximum Gasteiger partial charge on any atom is 0.416 e. The molecule has 0 aliphatic heterocycles. The summed E-state index contributed by atoms with van der Waals surface area (Å²) in [5.41, 5.74) is 4.86. The van der Waals surface area contributed by atoms with E-state index in [1.54, 1.807) is 26.8 Å². The predicted octanol–water partition coefficient (Wildman–Crippen LogP) is 4.85. The number of halogens is 3. The number of nitrogens with two attached hydrogens (primary N) is 1. The Morgan fingerprint density at radius 2 is 1.61 bits per heavy atom. The van der Waals surface area contributed by atoms with Crippen molar-refractivity contribution in [3.05, 3.63) is 35.4 Å². The minimum Gasteiger partial charge on any atom is -0.321 e. The highest BCUT2D eigenvalue weighted by atomic mass is 19.4. The van der Waals surface area contributed by atoms with E-state index in [9.17, 15) is 18.0 Å². The van der Waals surface area contributed by atoms with E-state index >= 15 is 0 Å². The van der Waals surface area contributed by atoms with Gasteiger partial charge in [0.25, 0.3) is 0 Å². The Morgan fingerprint density at radius 3 is 2.00 bits per heavy atom. The van der Waals surface area contributed by atoms with Gasteiger partial charge >= 0.3 is 6.18 Å². The van der Waals surface area contributed by atoms with Gasteiger partial charge in [0.15, 0.2) is 5.78 Å². The summed E-state index contributed by atoms with van der Waals surface area (Å²) in [7, 11) is 0. The molecule has 0 radical (unpaired) electrons. The van der Waals surface area contributed by atoms with Gasteiger partial charge in [0.05, 0.1) is 11.6 Å². The summed E-state index contributed by atoms with van der Waals surface area (Å²) in [6, 6.07) is 4.12. The number of carbonyl (C=O) groups excluding carboxylic acids is 1. The zero-order valence-electron chi connectivity index (χ0n) is 14.8. The molecule has 132 valence electrons. The molecule has 0 amide bonds. The van der Waals surface area contributed by atoms with E-state index in [4.69, 9.17) is 5.73 Å². The number of hydrogen-bond donors (Lipinski definition) is 1. The third-order valence-electron chi connectivity index (χ3n) is 2.79. The first kappa shape index (κ1) is 21.6. The van der Waals surface area contributed by atoms with Crippen molar-refractivity contribution in [3.8, 4) is 0 Å². The Bertz CT molecular complexity index is 499. The molecule has 0 saturated heterocycles. The number of rotatable bonds is 3. The number of carbonyl (C=O) groups is 1. The molecule has 0 heterocycles. The van der Waals surface area contributed by atoms with Gasteiger partial charge in [-0.3, -0.25) is 4.79 Å². The van der Waals surface area contributed by atoms with Gasteiger partial charge in [-0.05, 0) is 24.0 Å². The zero-order chi connectivity index (χ0) is 18.4. The Morgan fingerprint density at radius 1 is 1.13 bits per heavy atom. The summed E-state index contributed by atoms with van der Waals surface area (Å²) in [6.45, 7) is 11.7. The fourth-order valence-corrected chi connectivity index (χ4v) is 1.78. The van der Waals surface area contributed by atoms with Crippen LogP contribution in [0.2, 0.25) is 0 Å². The van der Waals surface area contributed by atoms with Crippen LogP contribution >= 0.6 is 0 Å². The van der Waals surface area contributed by atoms with Crippen molar-refractivity contribution in [1.82, 2.24) is 0 Å². The molecule has 1 atom stereocenters. The molecule has 0 aliphatic rings. The second kappa shape index (κ2) is 8.48. The maximum absolute atomic E-state index is 12.6. The highest BCUT2D eigenvalue weighted by Gasteiger charge is 2.31. The molecule has 0 aliphatic carbocycles. The van der Waals surface area contributed by atoms with Crippen LogP contribution in [0.25, 0.3) is 0 Å². The largest absolute Gasteiger partial charge is 0.416 e. The van der Waals surface area contributed by atoms with Gasteiger partial charge in [-0.1, -0.05) is 59.7 Å². The smallest absolute Gasteiger partial charge is 0.321 e. The summed E-state index contributed by atoms with van der Waals surface area (Å²) >= 11 is 0. The summed E-state index contributed by atoms with van der Waals surface area (Å²) in [6.07, 6.45) is -4.27. The van der Waals surface area contributed by atoms with E-state index in [0.717, 1.165) is 18.1 Å². The van der Waals surface area contributed by atoms with Crippen LogP contribution in [0.3, 0.4) is 0 Å². The summed E-state index contributed by atoms with van der Waals surface area (Å²) in [5.74, 6) is 0.671. The first-order valence-corrected chi connectivity index (χ1v) is 7.71. The number of alkyl halides is 3. The van der Waals surface area contributed by atoms with Crippen LogP contribution in [-0.2, 0) is 17.4 Å². The second-order valence-electron chi connectivity index (χ2n) is 7.36. The van der Waals surface area contributed by atoms with E-state index in [-0.39, 0.29) is 12.2 Å². The minimum absolute atomic E-state index is 0.111. The molecule has 0 spiro atoms. The molecular weight excluding hydrogens is 303 g/mol. The fourth-order valence-electron chi connectivity index (χ4n) is 1.78. The lowest BCUT2D eigenvalue weighted by Gasteiger charge is -2.22. The Hall–Kier alpha value is -1.36. The highest BCUT2D eigenvalue weighted by Crippen LogP contribution is 2.30. The average molecular weight is 331 g/mol. The van der Waals surface area contributed by atoms with Gasteiger partial charge in [-0.2, -0.15) is 13.2 Å². The van der Waals surface area contributed by atoms with Crippen LogP contribution in [0.4, 0.5) is 13.2 Å². The van der Waals surface area contributed by atoms with Gasteiger partial charge in [0.1, 0.15) is 0 Å². The lowest BCUT2D eigenvalue weighted by atomic mass is 9.84. The van der Waals surface area contributed by atoms with Crippen molar-refractivity contribution >= 4 is 5.78 Å². The van der Waals surface area contributed by atoms with Gasteiger partial charge in [-0.15, -0.1) is 0 Å². The summed E-state index contributed by atoms with van der Waals surface area (Å²) in [5, 5.41) is 0. The first-order valence-electron chi connectivity index (χ1n) is 7.71. The fraction of sp³-hybridized carbons (Fsp3) is 0.611. The number of Topliss-reactive ketones (excluding diaryl/α,β-unsaturated/α-hetero) is 1. The Balaban J connectivity index is 0.00000108. The molecule has 0 saturated carbocycles. The van der Waals surface area contributed by atoms with E-state index < -0.39 is 23.2 Å². The topological polar surface area (TPSA) is 43.1 Å². The SMILES string of the molecule is CC(C)(C)C(=O)[C@@H](N)Cc1cccc(C(F)(F)F)c1.CC(C)C. The molecule has 23 heavy (non-hydrogen) atoms. The molecule has 1 aromatic carbocycles. The molecule has 0 fully saturated rings. The van der Waals surface area contributed by atoms with Crippen LogP contribution < -0.4 is 5.73 Å². The molecule has 5 heteroatoms. The van der Waals surface area contributed by atoms with Gasteiger partial charge < -0.3 is 5.73 Å². The standard InChI is InChI=1S/C14H18F3NO.C4H10/c1-13(2,3)12(19)11(18)8-9-5-4-6-10(7-9)14(15,16)17;1-4(2)3/h4-7,11H,8,18H2,1-3H3;4H,1-3H3/t11-;/m0./s1.